The Morgan fingerprint density at radius 3 is 2.47 bits per heavy atom. The van der Waals surface area contributed by atoms with Crippen LogP contribution in [-0.4, -0.2) is 26.4 Å². The molecule has 0 unspecified atom stereocenters. The lowest BCUT2D eigenvalue weighted by atomic mass is 10.2. The molecule has 6 nitrogen and oxygen atoms in total. The largest absolute Gasteiger partial charge is 0.483 e. The van der Waals surface area contributed by atoms with Gasteiger partial charge >= 0.3 is 0 Å². The molecule has 1 aromatic heterocycles. The third kappa shape index (κ3) is 5.98. The van der Waals surface area contributed by atoms with Gasteiger partial charge in [0.15, 0.2) is 17.1 Å². The topological polar surface area (TPSA) is 69.0 Å². The van der Waals surface area contributed by atoms with Crippen LogP contribution >= 0.6 is 34.4 Å². The van der Waals surface area contributed by atoms with Crippen molar-refractivity contribution in [2.24, 2.45) is 0 Å². The van der Waals surface area contributed by atoms with E-state index in [1.54, 1.807) is 0 Å². The molecule has 3 aromatic rings. The Hall–Kier alpha value is -2.07. The minimum atomic E-state index is -0.250. The second-order valence-electron chi connectivity index (χ2n) is 6.69. The zero-order chi connectivity index (χ0) is 21.5. The number of rotatable bonds is 9. The number of benzene rings is 2. The lowest BCUT2D eigenvalue weighted by molar-refractivity contribution is -0.113. The van der Waals surface area contributed by atoms with Gasteiger partial charge in [-0.15, -0.1) is 10.2 Å². The Morgan fingerprint density at radius 2 is 1.83 bits per heavy atom. The smallest absolute Gasteiger partial charge is 0.234 e. The van der Waals surface area contributed by atoms with E-state index in [9.17, 15) is 4.79 Å². The van der Waals surface area contributed by atoms with Gasteiger partial charge in [0, 0.05) is 15.8 Å². The van der Waals surface area contributed by atoms with Crippen LogP contribution < -0.4 is 10.1 Å². The minimum absolute atomic E-state index is 0.0753. The molecule has 1 amide bonds. The quantitative estimate of drug-likeness (QED) is 0.296. The summed E-state index contributed by atoms with van der Waals surface area (Å²) in [7, 11) is 0. The van der Waals surface area contributed by atoms with Crippen LogP contribution in [0.4, 0.5) is 5.69 Å². The normalized spacial score (nSPS) is 11.9. The number of thioether (sulfide) groups is 1. The van der Waals surface area contributed by atoms with Crippen LogP contribution in [-0.2, 0) is 17.8 Å². The van der Waals surface area contributed by atoms with E-state index in [1.165, 1.54) is 17.3 Å². The summed E-state index contributed by atoms with van der Waals surface area (Å²) in [6, 6.07) is 15.8. The van der Waals surface area contributed by atoms with Crippen molar-refractivity contribution < 1.29 is 9.53 Å². The molecule has 0 radical (unpaired) electrons. The maximum atomic E-state index is 12.3. The highest BCUT2D eigenvalue weighted by atomic mass is 127. The van der Waals surface area contributed by atoms with Crippen molar-refractivity contribution >= 4 is 45.9 Å². The number of carbonyl (C=O) groups excluding carboxylic acids is 1. The minimum Gasteiger partial charge on any atom is -0.483 e. The number of halogens is 1. The van der Waals surface area contributed by atoms with Crippen molar-refractivity contribution in [3.63, 3.8) is 0 Å². The molecule has 1 N–H and O–H groups in total. The van der Waals surface area contributed by atoms with Crippen molar-refractivity contribution in [3.05, 3.63) is 63.5 Å². The summed E-state index contributed by atoms with van der Waals surface area (Å²) in [5.74, 6) is 1.74. The number of amides is 1. The molecule has 0 saturated heterocycles. The first-order chi connectivity index (χ1) is 14.5. The van der Waals surface area contributed by atoms with E-state index >= 15 is 0 Å². The van der Waals surface area contributed by atoms with Gasteiger partial charge in [0.1, 0.15) is 5.75 Å². The van der Waals surface area contributed by atoms with Gasteiger partial charge in [0.25, 0.3) is 0 Å². The molecule has 0 aliphatic rings. The average Bonchev–Trinajstić information content (AvgIpc) is 3.17. The summed E-state index contributed by atoms with van der Waals surface area (Å²) in [4.78, 5) is 12.3. The third-order valence-electron chi connectivity index (χ3n) is 4.53. The van der Waals surface area contributed by atoms with Gasteiger partial charge in [-0.3, -0.25) is 4.79 Å². The van der Waals surface area contributed by atoms with E-state index < -0.39 is 0 Å². The summed E-state index contributed by atoms with van der Waals surface area (Å²) in [5, 5.41) is 12.2. The zero-order valence-electron chi connectivity index (χ0n) is 17.3. The monoisotopic (exact) mass is 536 g/mol. The molecule has 30 heavy (non-hydrogen) atoms. The van der Waals surface area contributed by atoms with E-state index in [4.69, 9.17) is 4.74 Å². The third-order valence-corrected chi connectivity index (χ3v) is 6.22. The Bertz CT molecular complexity index is 974. The van der Waals surface area contributed by atoms with E-state index in [-0.39, 0.29) is 17.8 Å². The highest BCUT2D eigenvalue weighted by molar-refractivity contribution is 14.1. The molecule has 0 aliphatic carbocycles. The fraction of sp³-hybridized carbons (Fsp3) is 0.318. The van der Waals surface area contributed by atoms with Crippen LogP contribution in [0.25, 0.3) is 0 Å². The lowest BCUT2D eigenvalue weighted by Crippen LogP contribution is -2.15. The predicted octanol–water partition coefficient (Wildman–Crippen LogP) is 5.34. The molecule has 3 rings (SSSR count). The molecule has 1 heterocycles. The molecule has 0 bridgehead atoms. The van der Waals surface area contributed by atoms with Gasteiger partial charge < -0.3 is 14.6 Å². The van der Waals surface area contributed by atoms with Crippen molar-refractivity contribution in [2.45, 2.75) is 45.0 Å². The number of aryl methyl sites for hydroxylation is 1. The number of hydrogen-bond donors (Lipinski definition) is 1. The van der Waals surface area contributed by atoms with E-state index in [0.717, 1.165) is 27.3 Å². The van der Waals surface area contributed by atoms with E-state index in [0.29, 0.717) is 11.7 Å². The Balaban J connectivity index is 1.61. The number of carbonyl (C=O) groups is 1. The van der Waals surface area contributed by atoms with Crippen LogP contribution in [0.2, 0.25) is 0 Å². The van der Waals surface area contributed by atoms with Crippen molar-refractivity contribution in [1.29, 1.82) is 0 Å². The summed E-state index contributed by atoms with van der Waals surface area (Å²) in [5.41, 5.74) is 2.06. The molecule has 0 saturated carbocycles. The average molecular weight is 536 g/mol. The number of anilines is 1. The molecular weight excluding hydrogens is 511 g/mol. The summed E-state index contributed by atoms with van der Waals surface area (Å²) >= 11 is 3.61. The SMILES string of the molecule is CCc1ccc(O[C@H](C)c2nnc(SCC(=O)Nc3ccc(I)cc3)n2CC)cc1. The number of aromatic nitrogens is 3. The van der Waals surface area contributed by atoms with Crippen molar-refractivity contribution in [1.82, 2.24) is 14.8 Å². The number of nitrogens with one attached hydrogen (secondary N) is 1. The fourth-order valence-corrected chi connectivity index (χ4v) is 4.09. The van der Waals surface area contributed by atoms with E-state index in [2.05, 4.69) is 57.2 Å². The molecule has 158 valence electrons. The molecule has 1 atom stereocenters. The van der Waals surface area contributed by atoms with Gasteiger partial charge in [0.05, 0.1) is 5.75 Å². The molecule has 8 heteroatoms. The van der Waals surface area contributed by atoms with E-state index in [1.807, 2.05) is 54.8 Å². The van der Waals surface area contributed by atoms with Crippen LogP contribution in [0.3, 0.4) is 0 Å². The molecule has 2 aromatic carbocycles. The zero-order valence-corrected chi connectivity index (χ0v) is 20.2. The van der Waals surface area contributed by atoms with Gasteiger partial charge in [-0.25, -0.2) is 0 Å². The maximum absolute atomic E-state index is 12.3. The van der Waals surface area contributed by atoms with Crippen LogP contribution in [0.5, 0.6) is 5.75 Å². The first-order valence-corrected chi connectivity index (χ1v) is 11.9. The van der Waals surface area contributed by atoms with Gasteiger partial charge in [-0.1, -0.05) is 30.8 Å². The summed E-state index contributed by atoms with van der Waals surface area (Å²) < 4.78 is 9.18. The molecule has 0 fully saturated rings. The van der Waals surface area contributed by atoms with Gasteiger partial charge in [-0.2, -0.15) is 0 Å². The number of hydrogen-bond acceptors (Lipinski definition) is 5. The summed E-state index contributed by atoms with van der Waals surface area (Å²) in [6.07, 6.45) is 0.748. The van der Waals surface area contributed by atoms with Crippen LogP contribution in [0.1, 0.15) is 38.3 Å². The van der Waals surface area contributed by atoms with Crippen LogP contribution in [0.15, 0.2) is 53.7 Å². The highest BCUT2D eigenvalue weighted by Crippen LogP contribution is 2.25. The molecule has 0 aliphatic heterocycles. The second kappa shape index (κ2) is 10.8. The van der Waals surface area contributed by atoms with Crippen molar-refractivity contribution in [2.75, 3.05) is 11.1 Å². The van der Waals surface area contributed by atoms with Gasteiger partial charge in [-0.05, 0) is 84.8 Å². The Labute approximate surface area is 195 Å². The van der Waals surface area contributed by atoms with Crippen LogP contribution in [0, 0.1) is 3.57 Å². The standard InChI is InChI=1S/C22H25IN4O2S/c1-4-16-6-12-19(13-7-16)29-15(3)21-25-26-22(27(21)5-2)30-14-20(28)24-18-10-8-17(23)9-11-18/h6-13,15H,4-5,14H2,1-3H3,(H,24,28)/t15-/m1/s1. The maximum Gasteiger partial charge on any atom is 0.234 e. The molecular formula is C22H25IN4O2S. The van der Waals surface area contributed by atoms with Crippen molar-refractivity contribution in [3.8, 4) is 5.75 Å². The first-order valence-electron chi connectivity index (χ1n) is 9.87. The molecule has 0 spiro atoms. The first kappa shape index (κ1) is 22.6. The Kier molecular flexibility index (Phi) is 8.15. The predicted molar refractivity (Wildman–Crippen MR) is 129 cm³/mol. The second-order valence-corrected chi connectivity index (χ2v) is 8.87. The summed E-state index contributed by atoms with van der Waals surface area (Å²) in [6.45, 7) is 6.82. The lowest BCUT2D eigenvalue weighted by Gasteiger charge is -2.16. The Morgan fingerprint density at radius 1 is 1.13 bits per heavy atom. The number of nitrogens with zero attached hydrogens (tertiary/aromatic N) is 3. The number of ether oxygens (including phenoxy) is 1. The highest BCUT2D eigenvalue weighted by Gasteiger charge is 2.19. The van der Waals surface area contributed by atoms with Gasteiger partial charge in [0.2, 0.25) is 5.91 Å². The fourth-order valence-electron chi connectivity index (χ4n) is 2.93.